The second kappa shape index (κ2) is 3.53. The van der Waals surface area contributed by atoms with Crippen LogP contribution in [0.5, 0.6) is 0 Å². The van der Waals surface area contributed by atoms with Crippen molar-refractivity contribution in [1.29, 1.82) is 0 Å². The molecule has 0 aromatic carbocycles. The third-order valence-electron chi connectivity index (χ3n) is 2.70. The van der Waals surface area contributed by atoms with E-state index in [2.05, 4.69) is 32.2 Å². The summed E-state index contributed by atoms with van der Waals surface area (Å²) in [4.78, 5) is 4.51. The first-order valence-electron chi connectivity index (χ1n) is 5.06. The molecule has 0 spiro atoms. The van der Waals surface area contributed by atoms with Crippen molar-refractivity contribution in [3.8, 4) is 0 Å². The van der Waals surface area contributed by atoms with Crippen LogP contribution in [-0.4, -0.2) is 12.3 Å². The number of hydrogen-bond acceptors (Lipinski definition) is 1. The molecule has 0 aliphatic carbocycles. The zero-order valence-corrected chi connectivity index (χ0v) is 8.38. The lowest BCUT2D eigenvalue weighted by atomic mass is 9.63. The maximum absolute atomic E-state index is 4.51. The Morgan fingerprint density at radius 2 is 2.31 bits per heavy atom. The number of rotatable bonds is 1. The Bertz CT molecular complexity index is 307. The Morgan fingerprint density at radius 3 is 3.08 bits per heavy atom. The summed E-state index contributed by atoms with van der Waals surface area (Å²) in [5.74, 6) is 0.601. The highest BCUT2D eigenvalue weighted by molar-refractivity contribution is 6.35. The molecule has 67 valence electrons. The number of fused-ring (bicyclic) bond motifs is 1. The minimum Gasteiger partial charge on any atom is -0.261 e. The van der Waals surface area contributed by atoms with Gasteiger partial charge in [-0.15, -0.1) is 0 Å². The third kappa shape index (κ3) is 1.77. The molecular weight excluding hydrogens is 157 g/mol. The Hall–Kier alpha value is -0.785. The van der Waals surface area contributed by atoms with Gasteiger partial charge in [0, 0.05) is 11.9 Å². The van der Waals surface area contributed by atoms with E-state index in [0.29, 0.717) is 5.92 Å². The van der Waals surface area contributed by atoms with Gasteiger partial charge in [0.2, 0.25) is 0 Å². The fourth-order valence-electron chi connectivity index (χ4n) is 1.77. The fourth-order valence-corrected chi connectivity index (χ4v) is 1.77. The van der Waals surface area contributed by atoms with Crippen molar-refractivity contribution in [2.24, 2.45) is 0 Å². The smallest absolute Gasteiger partial charge is 0.117 e. The first-order valence-corrected chi connectivity index (χ1v) is 5.06. The van der Waals surface area contributed by atoms with Gasteiger partial charge in [0.1, 0.15) is 7.28 Å². The first kappa shape index (κ1) is 8.80. The predicted molar refractivity (Wildman–Crippen MR) is 56.3 cm³/mol. The van der Waals surface area contributed by atoms with Gasteiger partial charge in [0.15, 0.2) is 0 Å². The van der Waals surface area contributed by atoms with Crippen LogP contribution in [0.25, 0.3) is 0 Å². The van der Waals surface area contributed by atoms with Crippen LogP contribution in [-0.2, 0) is 12.7 Å². The zero-order chi connectivity index (χ0) is 9.26. The normalized spacial score (nSPS) is 15.3. The van der Waals surface area contributed by atoms with E-state index in [9.17, 15) is 0 Å². The molecule has 1 aliphatic heterocycles. The summed E-state index contributed by atoms with van der Waals surface area (Å²) in [6.07, 6.45) is 5.50. The van der Waals surface area contributed by atoms with E-state index >= 15 is 0 Å². The summed E-state index contributed by atoms with van der Waals surface area (Å²) in [6, 6.07) is 2.33. The van der Waals surface area contributed by atoms with Gasteiger partial charge in [-0.05, 0) is 29.8 Å². The maximum Gasteiger partial charge on any atom is 0.117 e. The van der Waals surface area contributed by atoms with Gasteiger partial charge in [0.25, 0.3) is 0 Å². The molecule has 0 unspecified atom stereocenters. The molecule has 1 aliphatic rings. The topological polar surface area (TPSA) is 12.9 Å². The van der Waals surface area contributed by atoms with E-state index in [1.807, 2.05) is 6.20 Å². The van der Waals surface area contributed by atoms with Crippen LogP contribution in [0.2, 0.25) is 6.32 Å². The van der Waals surface area contributed by atoms with Crippen molar-refractivity contribution in [2.45, 2.75) is 38.8 Å². The molecule has 0 amide bonds. The third-order valence-corrected chi connectivity index (χ3v) is 2.70. The van der Waals surface area contributed by atoms with Crippen LogP contribution in [0, 0.1) is 0 Å². The molecule has 0 N–H and O–H groups in total. The Labute approximate surface area is 80.8 Å². The minimum atomic E-state index is 0.601. The average molecular weight is 172 g/mol. The molecule has 0 atom stereocenters. The summed E-state index contributed by atoms with van der Waals surface area (Å²) in [7, 11) is 2.32. The standard InChI is InChI=1S/C11H15BN/c1-8(2)10-5-9-3-4-12-6-11(9)13-7-10/h5,7-8H,3-4,6H2,1-2H3. The average Bonchev–Trinajstić information content (AvgIpc) is 2.17. The molecule has 1 aromatic rings. The number of hydrogen-bond donors (Lipinski definition) is 0. The summed E-state index contributed by atoms with van der Waals surface area (Å²) >= 11 is 0. The largest absolute Gasteiger partial charge is 0.261 e. The number of pyridine rings is 1. The number of aromatic nitrogens is 1. The van der Waals surface area contributed by atoms with Crippen molar-refractivity contribution in [3.63, 3.8) is 0 Å². The highest BCUT2D eigenvalue weighted by Gasteiger charge is 2.12. The Balaban J connectivity index is 2.35. The predicted octanol–water partition coefficient (Wildman–Crippen LogP) is 2.38. The molecule has 2 heterocycles. The van der Waals surface area contributed by atoms with Crippen molar-refractivity contribution in [2.75, 3.05) is 0 Å². The lowest BCUT2D eigenvalue weighted by molar-refractivity contribution is 0.841. The van der Waals surface area contributed by atoms with E-state index in [4.69, 9.17) is 0 Å². The van der Waals surface area contributed by atoms with Gasteiger partial charge in [-0.1, -0.05) is 26.2 Å². The Morgan fingerprint density at radius 1 is 1.46 bits per heavy atom. The van der Waals surface area contributed by atoms with Crippen molar-refractivity contribution < 1.29 is 0 Å². The van der Waals surface area contributed by atoms with Gasteiger partial charge >= 0.3 is 0 Å². The van der Waals surface area contributed by atoms with Gasteiger partial charge in [-0.2, -0.15) is 0 Å². The van der Waals surface area contributed by atoms with Gasteiger partial charge in [0.05, 0.1) is 0 Å². The molecule has 2 heteroatoms. The second-order valence-corrected chi connectivity index (χ2v) is 4.06. The van der Waals surface area contributed by atoms with E-state index in [-0.39, 0.29) is 0 Å². The molecule has 0 saturated heterocycles. The molecule has 1 nitrogen and oxygen atoms in total. The van der Waals surface area contributed by atoms with Crippen LogP contribution in [0.3, 0.4) is 0 Å². The SMILES string of the molecule is CC(C)c1cnc2c(c1)CC[B]C2. The summed E-state index contributed by atoms with van der Waals surface area (Å²) in [5, 5.41) is 0. The van der Waals surface area contributed by atoms with E-state index in [1.54, 1.807) is 0 Å². The molecule has 0 fully saturated rings. The number of nitrogens with zero attached hydrogens (tertiary/aromatic N) is 1. The highest BCUT2D eigenvalue weighted by atomic mass is 14.7. The van der Waals surface area contributed by atoms with Gasteiger partial charge < -0.3 is 0 Å². The molecule has 1 radical (unpaired) electrons. The lowest BCUT2D eigenvalue weighted by Gasteiger charge is -2.15. The summed E-state index contributed by atoms with van der Waals surface area (Å²) in [5.41, 5.74) is 4.13. The van der Waals surface area contributed by atoms with E-state index in [1.165, 1.54) is 29.6 Å². The summed E-state index contributed by atoms with van der Waals surface area (Å²) in [6.45, 7) is 4.44. The van der Waals surface area contributed by atoms with E-state index < -0.39 is 0 Å². The van der Waals surface area contributed by atoms with Gasteiger partial charge in [-0.25, -0.2) is 0 Å². The number of aryl methyl sites for hydroxylation is 1. The Kier molecular flexibility index (Phi) is 2.39. The molecular formula is C11H15BN. The molecule has 0 bridgehead atoms. The molecule has 1 aromatic heterocycles. The monoisotopic (exact) mass is 172 g/mol. The zero-order valence-electron chi connectivity index (χ0n) is 8.38. The van der Waals surface area contributed by atoms with Crippen molar-refractivity contribution in [3.05, 3.63) is 29.1 Å². The highest BCUT2D eigenvalue weighted by Crippen LogP contribution is 2.20. The van der Waals surface area contributed by atoms with Crippen LogP contribution in [0.4, 0.5) is 0 Å². The molecule has 13 heavy (non-hydrogen) atoms. The quantitative estimate of drug-likeness (QED) is 0.592. The van der Waals surface area contributed by atoms with Crippen LogP contribution < -0.4 is 0 Å². The lowest BCUT2D eigenvalue weighted by Crippen LogP contribution is -2.11. The van der Waals surface area contributed by atoms with Crippen LogP contribution in [0.1, 0.15) is 36.6 Å². The second-order valence-electron chi connectivity index (χ2n) is 4.06. The van der Waals surface area contributed by atoms with Crippen molar-refractivity contribution in [1.82, 2.24) is 4.98 Å². The molecule has 2 rings (SSSR count). The first-order chi connectivity index (χ1) is 6.27. The van der Waals surface area contributed by atoms with E-state index in [0.717, 1.165) is 6.32 Å². The van der Waals surface area contributed by atoms with Gasteiger partial charge in [-0.3, -0.25) is 4.98 Å². The minimum absolute atomic E-state index is 0.601. The van der Waals surface area contributed by atoms with Crippen molar-refractivity contribution >= 4 is 7.28 Å². The maximum atomic E-state index is 4.51. The molecule has 0 saturated carbocycles. The summed E-state index contributed by atoms with van der Waals surface area (Å²) < 4.78 is 0. The fraction of sp³-hybridized carbons (Fsp3) is 0.545. The van der Waals surface area contributed by atoms with Crippen LogP contribution in [0.15, 0.2) is 12.3 Å². The van der Waals surface area contributed by atoms with Crippen LogP contribution >= 0.6 is 0 Å².